The van der Waals surface area contributed by atoms with E-state index in [2.05, 4.69) is 0 Å². The van der Waals surface area contributed by atoms with Gasteiger partial charge in [-0.2, -0.15) is 0 Å². The minimum atomic E-state index is -1.41. The first kappa shape index (κ1) is 22.6. The Morgan fingerprint density at radius 3 is 2.15 bits per heavy atom. The molecular weight excluding hydrogens is 374 g/mol. The molecule has 1 rings (SSSR count). The van der Waals surface area contributed by atoms with Crippen LogP contribution in [0, 0.1) is 0 Å². The van der Waals surface area contributed by atoms with Gasteiger partial charge >= 0.3 is 12.1 Å². The summed E-state index contributed by atoms with van der Waals surface area (Å²) in [5.41, 5.74) is -0.417. The van der Waals surface area contributed by atoms with Crippen molar-refractivity contribution in [3.8, 4) is 0 Å². The Balaban J connectivity index is 2.79. The highest BCUT2D eigenvalue weighted by Gasteiger charge is 2.35. The Kier molecular flexibility index (Phi) is 7.97. The highest BCUT2D eigenvalue weighted by Crippen LogP contribution is 2.18. The third-order valence-electron chi connectivity index (χ3n) is 3.57. The molecule has 148 valence electrons. The summed E-state index contributed by atoms with van der Waals surface area (Å²) in [6.07, 6.45) is -0.823. The number of ether oxygens (including phenoxy) is 1. The number of imide groups is 1. The van der Waals surface area contributed by atoms with Crippen molar-refractivity contribution < 1.29 is 29.0 Å². The van der Waals surface area contributed by atoms with Gasteiger partial charge < -0.3 is 9.84 Å². The van der Waals surface area contributed by atoms with E-state index in [9.17, 15) is 24.3 Å². The second kappa shape index (κ2) is 9.50. The quantitative estimate of drug-likeness (QED) is 0.699. The van der Waals surface area contributed by atoms with Gasteiger partial charge in [-0.3, -0.25) is 9.59 Å². The number of aliphatic carboxylic acids is 1. The second-order valence-corrected chi connectivity index (χ2v) is 7.48. The zero-order valence-electron chi connectivity index (χ0n) is 15.8. The molecule has 0 bridgehead atoms. The van der Waals surface area contributed by atoms with Crippen LogP contribution in [-0.2, 0) is 14.3 Å². The van der Waals surface area contributed by atoms with Crippen LogP contribution in [-0.4, -0.2) is 45.4 Å². The van der Waals surface area contributed by atoms with Gasteiger partial charge in [0.1, 0.15) is 11.6 Å². The molecule has 2 amide bonds. The Bertz CT molecular complexity index is 708. The predicted octanol–water partition coefficient (Wildman–Crippen LogP) is 3.93. The molecule has 1 unspecified atom stereocenters. The van der Waals surface area contributed by atoms with E-state index in [-0.39, 0.29) is 25.0 Å². The number of benzene rings is 1. The van der Waals surface area contributed by atoms with E-state index in [4.69, 9.17) is 16.3 Å². The molecule has 0 saturated heterocycles. The number of carbonyl (C=O) groups is 4. The molecule has 0 saturated carbocycles. The van der Waals surface area contributed by atoms with Gasteiger partial charge in [-0.15, -0.1) is 0 Å². The molecule has 0 aliphatic rings. The molecule has 0 radical (unpaired) electrons. The number of amides is 2. The van der Waals surface area contributed by atoms with Crippen molar-refractivity contribution in [3.05, 3.63) is 34.9 Å². The fourth-order valence-electron chi connectivity index (χ4n) is 2.39. The molecule has 1 atom stereocenters. The molecule has 1 aromatic carbocycles. The van der Waals surface area contributed by atoms with Crippen molar-refractivity contribution in [2.45, 2.75) is 58.6 Å². The molecular formula is C19H24ClNO6. The molecule has 0 aliphatic carbocycles. The van der Waals surface area contributed by atoms with E-state index in [1.165, 1.54) is 0 Å². The van der Waals surface area contributed by atoms with Crippen molar-refractivity contribution in [2.75, 3.05) is 0 Å². The molecule has 8 heteroatoms. The number of carboxylic acids is 1. The van der Waals surface area contributed by atoms with Gasteiger partial charge in [0, 0.05) is 23.9 Å². The number of Topliss-reactive ketones (excluding diaryl/α,β-unsaturated/α-hetero) is 1. The van der Waals surface area contributed by atoms with Crippen LogP contribution in [0.1, 0.15) is 57.3 Å². The molecule has 0 heterocycles. The zero-order valence-corrected chi connectivity index (χ0v) is 16.6. The number of halogens is 1. The van der Waals surface area contributed by atoms with Crippen LogP contribution in [0.4, 0.5) is 4.79 Å². The summed E-state index contributed by atoms with van der Waals surface area (Å²) in [6, 6.07) is 4.95. The molecule has 0 aromatic heterocycles. The molecule has 1 N–H and O–H groups in total. The minimum absolute atomic E-state index is 0.0620. The van der Waals surface area contributed by atoms with Gasteiger partial charge in [0.15, 0.2) is 5.78 Å². The van der Waals surface area contributed by atoms with Gasteiger partial charge in [-0.05, 0) is 57.9 Å². The molecule has 0 aliphatic heterocycles. The number of rotatable bonds is 7. The predicted molar refractivity (Wildman–Crippen MR) is 99.8 cm³/mol. The average molecular weight is 398 g/mol. The van der Waals surface area contributed by atoms with Gasteiger partial charge in [-0.1, -0.05) is 11.6 Å². The summed E-state index contributed by atoms with van der Waals surface area (Å²) in [4.78, 5) is 48.4. The number of hydrogen-bond donors (Lipinski definition) is 1. The maximum absolute atomic E-state index is 12.2. The maximum atomic E-state index is 12.2. The Morgan fingerprint density at radius 1 is 1.15 bits per heavy atom. The Morgan fingerprint density at radius 2 is 1.70 bits per heavy atom. The highest BCUT2D eigenvalue weighted by molar-refractivity contribution is 6.30. The first-order chi connectivity index (χ1) is 12.4. The third kappa shape index (κ3) is 7.38. The van der Waals surface area contributed by atoms with E-state index < -0.39 is 29.6 Å². The van der Waals surface area contributed by atoms with Crippen molar-refractivity contribution in [1.82, 2.24) is 4.90 Å². The summed E-state index contributed by atoms with van der Waals surface area (Å²) in [7, 11) is 0. The van der Waals surface area contributed by atoms with E-state index in [0.29, 0.717) is 15.5 Å². The molecule has 1 aromatic rings. The Hall–Kier alpha value is -2.41. The lowest BCUT2D eigenvalue weighted by Gasteiger charge is -2.29. The first-order valence-electron chi connectivity index (χ1n) is 8.46. The van der Waals surface area contributed by atoms with Crippen molar-refractivity contribution in [1.29, 1.82) is 0 Å². The van der Waals surface area contributed by atoms with E-state index >= 15 is 0 Å². The van der Waals surface area contributed by atoms with Gasteiger partial charge in [-0.25, -0.2) is 14.5 Å². The minimum Gasteiger partial charge on any atom is -0.480 e. The summed E-state index contributed by atoms with van der Waals surface area (Å²) < 4.78 is 5.12. The lowest BCUT2D eigenvalue weighted by Crippen LogP contribution is -2.49. The highest BCUT2D eigenvalue weighted by atomic mass is 35.5. The summed E-state index contributed by atoms with van der Waals surface area (Å²) in [5, 5.41) is 9.96. The second-order valence-electron chi connectivity index (χ2n) is 7.05. The van der Waals surface area contributed by atoms with E-state index in [1.807, 2.05) is 0 Å². The van der Waals surface area contributed by atoms with Crippen LogP contribution < -0.4 is 0 Å². The van der Waals surface area contributed by atoms with E-state index in [0.717, 1.165) is 6.92 Å². The molecule has 0 spiro atoms. The first-order valence-corrected chi connectivity index (χ1v) is 8.84. The summed E-state index contributed by atoms with van der Waals surface area (Å²) >= 11 is 5.78. The number of nitrogens with zero attached hydrogens (tertiary/aromatic N) is 1. The third-order valence-corrected chi connectivity index (χ3v) is 3.83. The average Bonchev–Trinajstić information content (AvgIpc) is 2.52. The molecule has 27 heavy (non-hydrogen) atoms. The fourth-order valence-corrected chi connectivity index (χ4v) is 2.51. The van der Waals surface area contributed by atoms with Crippen LogP contribution in [0.3, 0.4) is 0 Å². The molecule has 0 fully saturated rings. The topological polar surface area (TPSA) is 101 Å². The normalized spacial score (nSPS) is 12.2. The monoisotopic (exact) mass is 397 g/mol. The fraction of sp³-hybridized carbons (Fsp3) is 0.474. The lowest BCUT2D eigenvalue weighted by atomic mass is 10.0. The summed E-state index contributed by atoms with van der Waals surface area (Å²) in [5.74, 6) is -2.25. The van der Waals surface area contributed by atoms with Crippen molar-refractivity contribution >= 4 is 35.4 Å². The number of hydrogen-bond acceptors (Lipinski definition) is 5. The van der Waals surface area contributed by atoms with Gasteiger partial charge in [0.05, 0.1) is 0 Å². The van der Waals surface area contributed by atoms with Crippen LogP contribution in [0.5, 0.6) is 0 Å². The van der Waals surface area contributed by atoms with Gasteiger partial charge in [0.25, 0.3) is 0 Å². The van der Waals surface area contributed by atoms with E-state index in [1.54, 1.807) is 45.0 Å². The Labute approximate surface area is 163 Å². The number of carboxylic acid groups (broad SMARTS) is 1. The maximum Gasteiger partial charge on any atom is 0.417 e. The van der Waals surface area contributed by atoms with Crippen LogP contribution >= 0.6 is 11.6 Å². The SMILES string of the molecule is CC(=O)N(C(=O)OC(C)(C)C)C(CCCC(=O)c1ccc(Cl)cc1)C(=O)O. The van der Waals surface area contributed by atoms with Gasteiger partial charge in [0.2, 0.25) is 5.91 Å². The zero-order chi connectivity index (χ0) is 20.8. The van der Waals surface area contributed by atoms with Crippen molar-refractivity contribution in [2.24, 2.45) is 0 Å². The van der Waals surface area contributed by atoms with Crippen LogP contribution in [0.2, 0.25) is 5.02 Å². The largest absolute Gasteiger partial charge is 0.480 e. The smallest absolute Gasteiger partial charge is 0.417 e. The van der Waals surface area contributed by atoms with Crippen LogP contribution in [0.25, 0.3) is 0 Å². The summed E-state index contributed by atoms with van der Waals surface area (Å²) in [6.45, 7) is 5.94. The molecule has 7 nitrogen and oxygen atoms in total. The lowest BCUT2D eigenvalue weighted by molar-refractivity contribution is -0.149. The standard InChI is InChI=1S/C19H24ClNO6/c1-12(22)21(18(26)27-19(2,3)4)15(17(24)25)6-5-7-16(23)13-8-10-14(20)11-9-13/h8-11,15H,5-7H2,1-4H3,(H,24,25). The number of ketones is 1. The van der Waals surface area contributed by atoms with Crippen molar-refractivity contribution in [3.63, 3.8) is 0 Å². The number of carbonyl (C=O) groups excluding carboxylic acids is 3. The van der Waals surface area contributed by atoms with Crippen LogP contribution in [0.15, 0.2) is 24.3 Å².